The summed E-state index contributed by atoms with van der Waals surface area (Å²) in [7, 11) is 1.66. The fraction of sp³-hybridized carbons (Fsp3) is 0.781. The summed E-state index contributed by atoms with van der Waals surface area (Å²) in [5.41, 5.74) is -0.648. The molecule has 0 aliphatic carbocycles. The maximum absolute atomic E-state index is 14.5. The van der Waals surface area contributed by atoms with Crippen molar-refractivity contribution in [3.8, 4) is 0 Å². The average Bonchev–Trinajstić information content (AvgIpc) is 2.96. The number of carbonyl (C=O) groups is 3. The van der Waals surface area contributed by atoms with Crippen molar-refractivity contribution in [2.75, 3.05) is 71.5 Å². The molecule has 3 rings (SSSR count). The minimum atomic E-state index is -0.698. The van der Waals surface area contributed by atoms with E-state index < -0.39 is 23.7 Å². The van der Waals surface area contributed by atoms with Crippen molar-refractivity contribution in [1.29, 1.82) is 0 Å². The number of anilines is 1. The molecule has 2 atom stereocenters. The summed E-state index contributed by atoms with van der Waals surface area (Å²) in [6.45, 7) is 19.7. The van der Waals surface area contributed by atoms with Crippen LogP contribution in [-0.4, -0.2) is 120 Å². The fourth-order valence-corrected chi connectivity index (χ4v) is 5.40. The van der Waals surface area contributed by atoms with Crippen LogP contribution in [0, 0.1) is 11.8 Å². The van der Waals surface area contributed by atoms with Gasteiger partial charge in [0.15, 0.2) is 0 Å². The lowest BCUT2D eigenvalue weighted by Gasteiger charge is -2.44. The molecule has 0 radical (unpaired) electrons. The van der Waals surface area contributed by atoms with Crippen LogP contribution >= 0.6 is 0 Å². The largest absolute Gasteiger partial charge is 0.444 e. The number of piperidine rings is 1. The summed E-state index contributed by atoms with van der Waals surface area (Å²) >= 11 is 0. The highest BCUT2D eigenvalue weighted by atomic mass is 16.6. The number of hydrogen-bond acceptors (Lipinski definition) is 9. The Balaban J connectivity index is 1.99. The van der Waals surface area contributed by atoms with E-state index in [9.17, 15) is 14.4 Å². The Hall–Kier alpha value is -2.99. The van der Waals surface area contributed by atoms with E-state index in [-0.39, 0.29) is 36.2 Å². The SMILES string of the molecule is COCCCNc1nc(C(C)(C)C)ncc1C(=O)N(CC(C)C)[C@H]1C[C@@H](C(=O)N2CCOCC2)CN(C(=O)OC(C)(C)C)C1. The standard InChI is InChI=1S/C32H54N6O6/c1-22(2)19-38(28(40)25-18-34-29(31(3,4)5)35-26(25)33-11-10-14-42-9)24-17-23(27(39)36-12-15-43-16-13-36)20-37(21-24)30(41)44-32(6,7)8/h18,22-24H,10-17,19-21H2,1-9H3,(H,33,34,35)/t23-,24+/m1/s1. The van der Waals surface area contributed by atoms with Crippen molar-refractivity contribution in [2.24, 2.45) is 11.8 Å². The molecule has 3 heterocycles. The number of nitrogens with one attached hydrogen (secondary N) is 1. The molecule has 2 fully saturated rings. The molecule has 1 aromatic rings. The summed E-state index contributed by atoms with van der Waals surface area (Å²) in [4.78, 5) is 56.1. The number of morpholine rings is 1. The molecule has 0 saturated carbocycles. The van der Waals surface area contributed by atoms with E-state index in [0.717, 1.165) is 6.42 Å². The van der Waals surface area contributed by atoms with Gasteiger partial charge in [-0.05, 0) is 39.5 Å². The molecule has 1 N–H and O–H groups in total. The monoisotopic (exact) mass is 618 g/mol. The van der Waals surface area contributed by atoms with Crippen molar-refractivity contribution < 1.29 is 28.6 Å². The molecule has 12 heteroatoms. The number of hydrogen-bond donors (Lipinski definition) is 1. The molecule has 0 bridgehead atoms. The maximum atomic E-state index is 14.5. The average molecular weight is 619 g/mol. The minimum absolute atomic E-state index is 0.0260. The molecule has 0 unspecified atom stereocenters. The first-order valence-corrected chi connectivity index (χ1v) is 15.9. The van der Waals surface area contributed by atoms with E-state index in [1.165, 1.54) is 0 Å². The lowest BCUT2D eigenvalue weighted by atomic mass is 9.91. The van der Waals surface area contributed by atoms with Crippen LogP contribution < -0.4 is 5.32 Å². The number of nitrogens with zero attached hydrogens (tertiary/aromatic N) is 5. The van der Waals surface area contributed by atoms with Crippen LogP contribution in [0.3, 0.4) is 0 Å². The Morgan fingerprint density at radius 3 is 2.36 bits per heavy atom. The van der Waals surface area contributed by atoms with Gasteiger partial charge >= 0.3 is 6.09 Å². The van der Waals surface area contributed by atoms with Gasteiger partial charge in [-0.2, -0.15) is 0 Å². The second-order valence-corrected chi connectivity index (χ2v) is 14.2. The van der Waals surface area contributed by atoms with Crippen molar-refractivity contribution in [2.45, 2.75) is 85.3 Å². The minimum Gasteiger partial charge on any atom is -0.444 e. The third-order valence-corrected chi connectivity index (χ3v) is 7.52. The Morgan fingerprint density at radius 2 is 1.77 bits per heavy atom. The summed E-state index contributed by atoms with van der Waals surface area (Å²) < 4.78 is 16.4. The van der Waals surface area contributed by atoms with Crippen LogP contribution in [0.25, 0.3) is 0 Å². The highest BCUT2D eigenvalue weighted by Crippen LogP contribution is 2.29. The van der Waals surface area contributed by atoms with Crippen molar-refractivity contribution >= 4 is 23.7 Å². The van der Waals surface area contributed by atoms with Crippen LogP contribution in [0.15, 0.2) is 6.20 Å². The summed E-state index contributed by atoms with van der Waals surface area (Å²) in [5, 5.41) is 3.34. The predicted octanol–water partition coefficient (Wildman–Crippen LogP) is 3.81. The zero-order chi connectivity index (χ0) is 32.7. The van der Waals surface area contributed by atoms with E-state index in [2.05, 4.69) is 10.3 Å². The molecular formula is C32H54N6O6. The zero-order valence-corrected chi connectivity index (χ0v) is 28.3. The van der Waals surface area contributed by atoms with Gasteiger partial charge in [0.2, 0.25) is 5.91 Å². The summed E-state index contributed by atoms with van der Waals surface area (Å²) in [6, 6.07) is -0.412. The van der Waals surface area contributed by atoms with Gasteiger partial charge in [-0.15, -0.1) is 0 Å². The van der Waals surface area contributed by atoms with Crippen LogP contribution in [0.2, 0.25) is 0 Å². The maximum Gasteiger partial charge on any atom is 0.410 e. The lowest BCUT2D eigenvalue weighted by Crippen LogP contribution is -2.58. The summed E-state index contributed by atoms with van der Waals surface area (Å²) in [5.74, 6) is 0.498. The molecule has 1 aromatic heterocycles. The molecule has 44 heavy (non-hydrogen) atoms. The third-order valence-electron chi connectivity index (χ3n) is 7.52. The molecule has 2 aliphatic rings. The van der Waals surface area contributed by atoms with Gasteiger partial charge in [-0.1, -0.05) is 34.6 Å². The smallest absolute Gasteiger partial charge is 0.410 e. The van der Waals surface area contributed by atoms with Crippen LogP contribution in [0.5, 0.6) is 0 Å². The first-order chi connectivity index (χ1) is 20.6. The molecule has 0 aromatic carbocycles. The van der Waals surface area contributed by atoms with Gasteiger partial charge in [0.1, 0.15) is 22.8 Å². The van der Waals surface area contributed by atoms with Crippen LogP contribution in [0.4, 0.5) is 10.6 Å². The number of ether oxygens (including phenoxy) is 3. The van der Waals surface area contributed by atoms with Gasteiger partial charge in [-0.25, -0.2) is 14.8 Å². The zero-order valence-electron chi connectivity index (χ0n) is 28.3. The van der Waals surface area contributed by atoms with E-state index in [4.69, 9.17) is 19.2 Å². The Labute approximate surface area is 263 Å². The normalized spacial score (nSPS) is 19.6. The van der Waals surface area contributed by atoms with Crippen molar-refractivity contribution in [1.82, 2.24) is 24.7 Å². The highest BCUT2D eigenvalue weighted by molar-refractivity contribution is 5.98. The predicted molar refractivity (Wildman–Crippen MR) is 169 cm³/mol. The number of methoxy groups -OCH3 is 1. The molecule has 0 spiro atoms. The van der Waals surface area contributed by atoms with Crippen LogP contribution in [-0.2, 0) is 24.4 Å². The number of aromatic nitrogens is 2. The lowest BCUT2D eigenvalue weighted by molar-refractivity contribution is -0.142. The number of rotatable bonds is 10. The van der Waals surface area contributed by atoms with Crippen molar-refractivity contribution in [3.05, 3.63) is 17.6 Å². The second-order valence-electron chi connectivity index (χ2n) is 14.2. The first kappa shape index (κ1) is 35.5. The summed E-state index contributed by atoms with van der Waals surface area (Å²) in [6.07, 6.45) is 2.29. The molecule has 248 valence electrons. The van der Waals surface area contributed by atoms with E-state index >= 15 is 0 Å². The highest BCUT2D eigenvalue weighted by Gasteiger charge is 2.41. The van der Waals surface area contributed by atoms with Gasteiger partial charge < -0.3 is 34.2 Å². The van der Waals surface area contributed by atoms with Gasteiger partial charge in [-0.3, -0.25) is 9.59 Å². The number of amides is 3. The molecule has 2 saturated heterocycles. The Morgan fingerprint density at radius 1 is 1.09 bits per heavy atom. The first-order valence-electron chi connectivity index (χ1n) is 15.9. The second kappa shape index (κ2) is 15.3. The molecule has 3 amide bonds. The topological polar surface area (TPSA) is 126 Å². The van der Waals surface area contributed by atoms with E-state index in [1.807, 2.05) is 55.4 Å². The van der Waals surface area contributed by atoms with Gasteiger partial charge in [0, 0.05) is 64.6 Å². The van der Waals surface area contributed by atoms with Crippen LogP contribution in [0.1, 0.15) is 84.4 Å². The Kier molecular flexibility index (Phi) is 12.4. The van der Waals surface area contributed by atoms with Gasteiger partial charge in [0.05, 0.1) is 25.2 Å². The Bertz CT molecular complexity index is 1130. The molecule has 12 nitrogen and oxygen atoms in total. The van der Waals surface area contributed by atoms with E-state index in [1.54, 1.807) is 28.0 Å². The molecule has 2 aliphatic heterocycles. The quantitative estimate of drug-likeness (QED) is 0.390. The van der Waals surface area contributed by atoms with E-state index in [0.29, 0.717) is 69.6 Å². The third kappa shape index (κ3) is 10.0. The fourth-order valence-electron chi connectivity index (χ4n) is 5.40. The molecular weight excluding hydrogens is 564 g/mol. The van der Waals surface area contributed by atoms with Crippen molar-refractivity contribution in [3.63, 3.8) is 0 Å². The number of likely N-dealkylation sites (tertiary alicyclic amines) is 1. The number of carbonyl (C=O) groups excluding carboxylic acids is 3. The van der Waals surface area contributed by atoms with Gasteiger partial charge in [0.25, 0.3) is 5.91 Å².